The van der Waals surface area contributed by atoms with E-state index in [2.05, 4.69) is 5.32 Å². The average molecular weight is 348 g/mol. The molecule has 2 rings (SSSR count). The molecule has 0 fully saturated rings. The Morgan fingerprint density at radius 3 is 2.46 bits per heavy atom. The lowest BCUT2D eigenvalue weighted by molar-refractivity contribution is -0.127. The topological polar surface area (TPSA) is 47.6 Å². The van der Waals surface area contributed by atoms with Crippen molar-refractivity contribution in [2.24, 2.45) is 0 Å². The van der Waals surface area contributed by atoms with Crippen LogP contribution in [0.15, 0.2) is 48.5 Å². The Kier molecular flexibility index (Phi) is 7.09. The lowest BCUT2D eigenvalue weighted by atomic mass is 10.1. The third-order valence-corrected chi connectivity index (χ3v) is 3.78. The van der Waals surface area contributed by atoms with Crippen molar-refractivity contribution in [2.45, 2.75) is 33.1 Å². The molecule has 0 aliphatic rings. The largest absolute Gasteiger partial charge is 0.481 e. The lowest BCUT2D eigenvalue weighted by Gasteiger charge is -2.16. The van der Waals surface area contributed by atoms with Gasteiger partial charge in [-0.05, 0) is 49.2 Å². The van der Waals surface area contributed by atoms with E-state index in [1.54, 1.807) is 31.2 Å². The molecule has 1 atom stereocenters. The Bertz CT molecular complexity index is 658. The number of carbonyl (C=O) groups is 1. The van der Waals surface area contributed by atoms with E-state index >= 15 is 0 Å². The molecule has 0 heterocycles. The number of halogens is 1. The summed E-state index contributed by atoms with van der Waals surface area (Å²) >= 11 is 5.83. The first-order valence-electron chi connectivity index (χ1n) is 7.94. The first-order chi connectivity index (χ1) is 11.6. The van der Waals surface area contributed by atoms with Crippen LogP contribution < -0.4 is 10.1 Å². The number of ether oxygens (including phenoxy) is 2. The van der Waals surface area contributed by atoms with E-state index in [1.165, 1.54) is 0 Å². The van der Waals surface area contributed by atoms with E-state index in [1.807, 2.05) is 31.2 Å². The highest BCUT2D eigenvalue weighted by atomic mass is 35.5. The standard InChI is InChI=1S/C19H22ClNO3/c1-3-23-13-16-7-5-4-6-15(16)12-21-19(22)14(2)24-18-10-8-17(20)9-11-18/h4-11,14H,3,12-13H2,1-2H3,(H,21,22). The van der Waals surface area contributed by atoms with Gasteiger partial charge in [0.25, 0.3) is 5.91 Å². The number of hydrogen-bond donors (Lipinski definition) is 1. The molecule has 0 saturated heterocycles. The Morgan fingerprint density at radius 2 is 1.79 bits per heavy atom. The molecule has 2 aromatic rings. The molecular formula is C19H22ClNO3. The predicted octanol–water partition coefficient (Wildman–Crippen LogP) is 3.96. The number of hydrogen-bond acceptors (Lipinski definition) is 3. The summed E-state index contributed by atoms with van der Waals surface area (Å²) in [5.74, 6) is 0.440. The van der Waals surface area contributed by atoms with Gasteiger partial charge in [0.15, 0.2) is 6.10 Å². The summed E-state index contributed by atoms with van der Waals surface area (Å²) in [7, 11) is 0. The van der Waals surface area contributed by atoms with Gasteiger partial charge in [-0.2, -0.15) is 0 Å². The highest BCUT2D eigenvalue weighted by Crippen LogP contribution is 2.17. The summed E-state index contributed by atoms with van der Waals surface area (Å²) < 4.78 is 11.1. The molecule has 0 radical (unpaired) electrons. The van der Waals surface area contributed by atoms with E-state index in [0.29, 0.717) is 30.5 Å². The Morgan fingerprint density at radius 1 is 1.12 bits per heavy atom. The lowest BCUT2D eigenvalue weighted by Crippen LogP contribution is -2.36. The van der Waals surface area contributed by atoms with Gasteiger partial charge in [-0.3, -0.25) is 4.79 Å². The molecule has 4 nitrogen and oxygen atoms in total. The quantitative estimate of drug-likeness (QED) is 0.786. The summed E-state index contributed by atoms with van der Waals surface area (Å²) in [4.78, 5) is 12.2. The molecule has 1 N–H and O–H groups in total. The van der Waals surface area contributed by atoms with Crippen molar-refractivity contribution in [1.29, 1.82) is 0 Å². The van der Waals surface area contributed by atoms with Gasteiger partial charge in [-0.1, -0.05) is 35.9 Å². The minimum Gasteiger partial charge on any atom is -0.481 e. The van der Waals surface area contributed by atoms with Gasteiger partial charge < -0.3 is 14.8 Å². The fraction of sp³-hybridized carbons (Fsp3) is 0.316. The van der Waals surface area contributed by atoms with Crippen molar-refractivity contribution in [3.8, 4) is 5.75 Å². The Balaban J connectivity index is 1.89. The van der Waals surface area contributed by atoms with Crippen molar-refractivity contribution in [2.75, 3.05) is 6.61 Å². The second kappa shape index (κ2) is 9.30. The zero-order chi connectivity index (χ0) is 17.4. The summed E-state index contributed by atoms with van der Waals surface area (Å²) in [6, 6.07) is 14.8. The van der Waals surface area contributed by atoms with Crippen LogP contribution in [0.1, 0.15) is 25.0 Å². The van der Waals surface area contributed by atoms with E-state index in [4.69, 9.17) is 21.1 Å². The molecule has 0 aromatic heterocycles. The molecule has 24 heavy (non-hydrogen) atoms. The van der Waals surface area contributed by atoms with E-state index in [9.17, 15) is 4.79 Å². The predicted molar refractivity (Wildman–Crippen MR) is 95.2 cm³/mol. The van der Waals surface area contributed by atoms with Crippen LogP contribution in [-0.4, -0.2) is 18.6 Å². The van der Waals surface area contributed by atoms with Crippen LogP contribution in [0.4, 0.5) is 0 Å². The summed E-state index contributed by atoms with van der Waals surface area (Å²) in [5, 5.41) is 3.53. The number of amides is 1. The third kappa shape index (κ3) is 5.55. The SMILES string of the molecule is CCOCc1ccccc1CNC(=O)C(C)Oc1ccc(Cl)cc1. The molecule has 2 aromatic carbocycles. The molecule has 0 bridgehead atoms. The van der Waals surface area contributed by atoms with Crippen LogP contribution in [0.2, 0.25) is 5.02 Å². The van der Waals surface area contributed by atoms with Crippen LogP contribution in [0.5, 0.6) is 5.75 Å². The fourth-order valence-electron chi connectivity index (χ4n) is 2.18. The van der Waals surface area contributed by atoms with Gasteiger partial charge in [0.2, 0.25) is 0 Å². The molecule has 1 unspecified atom stereocenters. The molecule has 5 heteroatoms. The van der Waals surface area contributed by atoms with Gasteiger partial charge in [0.05, 0.1) is 6.61 Å². The van der Waals surface area contributed by atoms with E-state index in [0.717, 1.165) is 11.1 Å². The third-order valence-electron chi connectivity index (χ3n) is 3.53. The van der Waals surface area contributed by atoms with Gasteiger partial charge in [-0.15, -0.1) is 0 Å². The smallest absolute Gasteiger partial charge is 0.261 e. The van der Waals surface area contributed by atoms with Crippen molar-refractivity contribution < 1.29 is 14.3 Å². The minimum absolute atomic E-state index is 0.170. The van der Waals surface area contributed by atoms with Gasteiger partial charge in [-0.25, -0.2) is 0 Å². The van der Waals surface area contributed by atoms with Gasteiger partial charge in [0, 0.05) is 18.2 Å². The molecule has 0 spiro atoms. The second-order valence-corrected chi connectivity index (χ2v) is 5.77. The summed E-state index contributed by atoms with van der Waals surface area (Å²) in [6.45, 7) is 5.32. The van der Waals surface area contributed by atoms with E-state index in [-0.39, 0.29) is 5.91 Å². The zero-order valence-corrected chi connectivity index (χ0v) is 14.7. The van der Waals surface area contributed by atoms with Crippen LogP contribution in [0.3, 0.4) is 0 Å². The Labute approximate surface area is 147 Å². The van der Waals surface area contributed by atoms with Crippen molar-refractivity contribution >= 4 is 17.5 Å². The van der Waals surface area contributed by atoms with Crippen LogP contribution >= 0.6 is 11.6 Å². The molecule has 0 aliphatic carbocycles. The highest BCUT2D eigenvalue weighted by Gasteiger charge is 2.14. The number of rotatable bonds is 8. The molecule has 128 valence electrons. The maximum Gasteiger partial charge on any atom is 0.261 e. The number of carbonyl (C=O) groups excluding carboxylic acids is 1. The van der Waals surface area contributed by atoms with Crippen molar-refractivity contribution in [3.63, 3.8) is 0 Å². The molecular weight excluding hydrogens is 326 g/mol. The Hall–Kier alpha value is -2.04. The summed E-state index contributed by atoms with van der Waals surface area (Å²) in [6.07, 6.45) is -0.592. The van der Waals surface area contributed by atoms with Crippen molar-refractivity contribution in [1.82, 2.24) is 5.32 Å². The maximum atomic E-state index is 12.2. The van der Waals surface area contributed by atoms with Gasteiger partial charge in [0.1, 0.15) is 5.75 Å². The molecule has 1 amide bonds. The minimum atomic E-state index is -0.592. The van der Waals surface area contributed by atoms with Crippen molar-refractivity contribution in [3.05, 3.63) is 64.7 Å². The first-order valence-corrected chi connectivity index (χ1v) is 8.32. The second-order valence-electron chi connectivity index (χ2n) is 5.34. The molecule has 0 saturated carbocycles. The average Bonchev–Trinajstić information content (AvgIpc) is 2.60. The molecule has 0 aliphatic heterocycles. The normalized spacial score (nSPS) is 11.8. The van der Waals surface area contributed by atoms with Gasteiger partial charge >= 0.3 is 0 Å². The monoisotopic (exact) mass is 347 g/mol. The maximum absolute atomic E-state index is 12.2. The van der Waals surface area contributed by atoms with Crippen LogP contribution in [0.25, 0.3) is 0 Å². The summed E-state index contributed by atoms with van der Waals surface area (Å²) in [5.41, 5.74) is 2.11. The first kappa shape index (κ1) is 18.3. The fourth-order valence-corrected chi connectivity index (χ4v) is 2.31. The number of benzene rings is 2. The van der Waals surface area contributed by atoms with Crippen LogP contribution in [-0.2, 0) is 22.7 Å². The van der Waals surface area contributed by atoms with Crippen LogP contribution in [0, 0.1) is 0 Å². The highest BCUT2D eigenvalue weighted by molar-refractivity contribution is 6.30. The zero-order valence-electron chi connectivity index (χ0n) is 13.9. The number of nitrogens with one attached hydrogen (secondary N) is 1. The van der Waals surface area contributed by atoms with E-state index < -0.39 is 6.10 Å².